The van der Waals surface area contributed by atoms with Gasteiger partial charge in [0.25, 0.3) is 0 Å². The Bertz CT molecular complexity index is 407. The van der Waals surface area contributed by atoms with Gasteiger partial charge in [-0.25, -0.2) is 0 Å². The molecule has 0 saturated heterocycles. The monoisotopic (exact) mass is 303 g/mol. The predicted molar refractivity (Wildman–Crippen MR) is 68.6 cm³/mol. The van der Waals surface area contributed by atoms with Crippen LogP contribution in [0.25, 0.3) is 0 Å². The maximum atomic E-state index is 12.2. The number of hydrogen-bond acceptors (Lipinski definition) is 8. The average Bonchev–Trinajstić information content (AvgIpc) is 2.52. The minimum Gasteiger partial charge on any atom is -0.468 e. The van der Waals surface area contributed by atoms with Crippen molar-refractivity contribution in [1.29, 1.82) is 0 Å². The van der Waals surface area contributed by atoms with E-state index in [0.717, 1.165) is 28.4 Å². The minimum absolute atomic E-state index is 0.292. The second-order valence-electron chi connectivity index (χ2n) is 4.13. The van der Waals surface area contributed by atoms with Gasteiger partial charge in [-0.05, 0) is 13.3 Å². The number of rotatable bonds is 6. The molecule has 0 fully saturated rings. The van der Waals surface area contributed by atoms with E-state index < -0.39 is 34.7 Å². The zero-order valence-corrected chi connectivity index (χ0v) is 12.7. The molecule has 8 nitrogen and oxygen atoms in total. The molecule has 0 aliphatic heterocycles. The van der Waals surface area contributed by atoms with Crippen molar-refractivity contribution in [2.24, 2.45) is 10.8 Å². The summed E-state index contributed by atoms with van der Waals surface area (Å²) in [6.07, 6.45) is -0.292. The van der Waals surface area contributed by atoms with Crippen LogP contribution in [0, 0.1) is 17.8 Å². The van der Waals surface area contributed by atoms with Gasteiger partial charge in [0.1, 0.15) is 0 Å². The van der Waals surface area contributed by atoms with E-state index in [2.05, 4.69) is 25.9 Å². The Morgan fingerprint density at radius 3 is 1.24 bits per heavy atom. The summed E-state index contributed by atoms with van der Waals surface area (Å²) in [5.41, 5.74) is -4.82. The third kappa shape index (κ3) is 2.57. The molecular weight excluding hydrogens is 284 g/mol. The second-order valence-corrected chi connectivity index (χ2v) is 4.13. The van der Waals surface area contributed by atoms with Crippen LogP contribution in [-0.4, -0.2) is 52.3 Å². The molecule has 0 amide bonds. The summed E-state index contributed by atoms with van der Waals surface area (Å²) in [6.45, 7) is 4.84. The molecule has 0 spiro atoms. The van der Waals surface area contributed by atoms with Crippen molar-refractivity contribution in [3.05, 3.63) is 6.92 Å². The van der Waals surface area contributed by atoms with Crippen LogP contribution in [0.2, 0.25) is 0 Å². The fraction of sp³-hybridized carbons (Fsp3) is 0.615. The summed E-state index contributed by atoms with van der Waals surface area (Å²) < 4.78 is 18.2. The molecule has 0 rings (SSSR count). The number of carbonyl (C=O) groups excluding carboxylic acids is 4. The highest BCUT2D eigenvalue weighted by Gasteiger charge is 2.69. The molecule has 0 aromatic carbocycles. The molecule has 0 atom stereocenters. The van der Waals surface area contributed by atoms with Gasteiger partial charge in [-0.3, -0.25) is 19.2 Å². The van der Waals surface area contributed by atoms with Crippen LogP contribution in [0.15, 0.2) is 0 Å². The normalized spacial score (nSPS) is 11.3. The van der Waals surface area contributed by atoms with Crippen molar-refractivity contribution in [3.8, 4) is 0 Å². The lowest BCUT2D eigenvalue weighted by Gasteiger charge is -2.38. The Balaban J connectivity index is 6.55. The van der Waals surface area contributed by atoms with Crippen molar-refractivity contribution in [3.63, 3.8) is 0 Å². The van der Waals surface area contributed by atoms with Gasteiger partial charge >= 0.3 is 23.9 Å². The number of methoxy groups -OCH3 is 4. The number of hydrogen-bond donors (Lipinski definition) is 0. The van der Waals surface area contributed by atoms with Crippen LogP contribution in [0.1, 0.15) is 13.3 Å². The Morgan fingerprint density at radius 2 is 1.05 bits per heavy atom. The standard InChI is InChI=1S/C13H19O8/c1-7-13(10(16)20-5,11(17)21-6)12(2,8(14)18-3)9(15)19-4/h2,7H2,1,3-6H3. The first-order chi connectivity index (χ1) is 9.74. The highest BCUT2D eigenvalue weighted by Crippen LogP contribution is 2.46. The fourth-order valence-electron chi connectivity index (χ4n) is 2.15. The van der Waals surface area contributed by atoms with E-state index in [-0.39, 0.29) is 6.42 Å². The molecule has 1 radical (unpaired) electrons. The first-order valence-corrected chi connectivity index (χ1v) is 5.93. The molecule has 0 aromatic heterocycles. The molecule has 21 heavy (non-hydrogen) atoms. The molecule has 0 aliphatic carbocycles. The van der Waals surface area contributed by atoms with Gasteiger partial charge < -0.3 is 18.9 Å². The van der Waals surface area contributed by atoms with Crippen molar-refractivity contribution < 1.29 is 38.1 Å². The van der Waals surface area contributed by atoms with Gasteiger partial charge in [-0.1, -0.05) is 6.92 Å². The Kier molecular flexibility index (Phi) is 6.34. The van der Waals surface area contributed by atoms with Crippen LogP contribution in [0.5, 0.6) is 0 Å². The molecule has 8 heteroatoms. The lowest BCUT2D eigenvalue weighted by molar-refractivity contribution is -0.195. The van der Waals surface area contributed by atoms with Gasteiger partial charge in [-0.15, -0.1) is 0 Å². The van der Waals surface area contributed by atoms with E-state index >= 15 is 0 Å². The van der Waals surface area contributed by atoms with Crippen LogP contribution < -0.4 is 0 Å². The summed E-state index contributed by atoms with van der Waals surface area (Å²) in [4.78, 5) is 48.5. The van der Waals surface area contributed by atoms with Crippen LogP contribution in [0.4, 0.5) is 0 Å². The van der Waals surface area contributed by atoms with E-state index in [1.165, 1.54) is 6.92 Å². The third-order valence-corrected chi connectivity index (χ3v) is 3.39. The summed E-state index contributed by atoms with van der Waals surface area (Å²) in [5.74, 6) is -4.73. The molecule has 119 valence electrons. The third-order valence-electron chi connectivity index (χ3n) is 3.39. The highest BCUT2D eigenvalue weighted by atomic mass is 16.6. The fourth-order valence-corrected chi connectivity index (χ4v) is 2.15. The smallest absolute Gasteiger partial charge is 0.325 e. The van der Waals surface area contributed by atoms with Crippen LogP contribution in [-0.2, 0) is 38.1 Å². The van der Waals surface area contributed by atoms with Crippen molar-refractivity contribution in [2.75, 3.05) is 28.4 Å². The maximum Gasteiger partial charge on any atom is 0.325 e. The number of ether oxygens (including phenoxy) is 4. The highest BCUT2D eigenvalue weighted by molar-refractivity contribution is 6.15. The number of esters is 4. The van der Waals surface area contributed by atoms with Gasteiger partial charge in [0.15, 0.2) is 10.8 Å². The topological polar surface area (TPSA) is 105 Å². The zero-order valence-electron chi connectivity index (χ0n) is 12.7. The van der Waals surface area contributed by atoms with Gasteiger partial charge in [0.2, 0.25) is 0 Å². The number of carbonyl (C=O) groups is 4. The summed E-state index contributed by atoms with van der Waals surface area (Å²) in [7, 11) is 3.98. The van der Waals surface area contributed by atoms with Gasteiger partial charge in [0, 0.05) is 0 Å². The van der Waals surface area contributed by atoms with Crippen LogP contribution in [0.3, 0.4) is 0 Å². The first kappa shape index (κ1) is 18.9. The minimum atomic E-state index is -2.49. The van der Waals surface area contributed by atoms with E-state index in [9.17, 15) is 19.2 Å². The van der Waals surface area contributed by atoms with Gasteiger partial charge in [-0.2, -0.15) is 0 Å². The lowest BCUT2D eigenvalue weighted by Crippen LogP contribution is -2.60. The molecule has 0 bridgehead atoms. The van der Waals surface area contributed by atoms with Gasteiger partial charge in [0.05, 0.1) is 28.4 Å². The van der Waals surface area contributed by atoms with E-state index in [1.54, 1.807) is 0 Å². The van der Waals surface area contributed by atoms with Crippen LogP contribution >= 0.6 is 0 Å². The SMILES string of the molecule is [CH2]C(C(=O)OC)(C(=O)OC)C(CC)(C(=O)OC)C(=O)OC. The molecular formula is C13H19O8. The summed E-state index contributed by atoms with van der Waals surface area (Å²) in [5, 5.41) is 0. The Labute approximate surface area is 122 Å². The predicted octanol–water partition coefficient (Wildman–Crippen LogP) is -0.105. The van der Waals surface area contributed by atoms with E-state index in [0.29, 0.717) is 0 Å². The maximum absolute atomic E-state index is 12.2. The molecule has 0 heterocycles. The van der Waals surface area contributed by atoms with E-state index in [4.69, 9.17) is 0 Å². The molecule has 0 N–H and O–H groups in total. The Hall–Kier alpha value is -2.12. The van der Waals surface area contributed by atoms with Crippen molar-refractivity contribution in [1.82, 2.24) is 0 Å². The zero-order chi connectivity index (χ0) is 16.8. The molecule has 0 saturated carbocycles. The molecule has 0 aromatic rings. The molecule has 0 aliphatic rings. The summed E-state index contributed by atoms with van der Waals surface area (Å²) >= 11 is 0. The largest absolute Gasteiger partial charge is 0.468 e. The van der Waals surface area contributed by atoms with Crippen molar-refractivity contribution >= 4 is 23.9 Å². The first-order valence-electron chi connectivity index (χ1n) is 5.93. The van der Waals surface area contributed by atoms with Crippen molar-refractivity contribution in [2.45, 2.75) is 13.3 Å². The second kappa shape index (κ2) is 7.05. The Morgan fingerprint density at radius 1 is 0.762 bits per heavy atom. The quantitative estimate of drug-likeness (QED) is 0.380. The lowest BCUT2D eigenvalue weighted by atomic mass is 9.62. The van der Waals surface area contributed by atoms with E-state index in [1.807, 2.05) is 0 Å². The average molecular weight is 303 g/mol. The molecule has 0 unspecified atom stereocenters. The summed E-state index contributed by atoms with van der Waals surface area (Å²) in [6, 6.07) is 0.